The van der Waals surface area contributed by atoms with Crippen LogP contribution in [0.5, 0.6) is 0 Å². The van der Waals surface area contributed by atoms with Crippen molar-refractivity contribution in [3.63, 3.8) is 0 Å². The van der Waals surface area contributed by atoms with Crippen LogP contribution in [0.25, 0.3) is 10.9 Å². The molecule has 0 saturated heterocycles. The Kier molecular flexibility index (Phi) is 4.59. The number of nitrogens with zero attached hydrogens (tertiary/aromatic N) is 2. The monoisotopic (exact) mass is 452 g/mol. The molecular weight excluding hydrogens is 435 g/mol. The summed E-state index contributed by atoms with van der Waals surface area (Å²) in [6, 6.07) is 25.8. The highest BCUT2D eigenvalue weighted by Gasteiger charge is 2.21. The predicted octanol–water partition coefficient (Wildman–Crippen LogP) is 4.95. The summed E-state index contributed by atoms with van der Waals surface area (Å²) in [6.07, 6.45) is 0. The maximum Gasteiger partial charge on any atom is 0.262 e. The third kappa shape index (κ3) is 3.05. The van der Waals surface area contributed by atoms with Gasteiger partial charge in [0.15, 0.2) is 0 Å². The largest absolute Gasteiger partial charge is 0.285 e. The number of fused-ring (bicyclic) bond motifs is 1. The minimum Gasteiger partial charge on any atom is -0.285 e. The van der Waals surface area contributed by atoms with E-state index in [9.17, 15) is 4.79 Å². The van der Waals surface area contributed by atoms with E-state index in [1.165, 1.54) is 0 Å². The lowest BCUT2D eigenvalue weighted by molar-refractivity contribution is 0.619. The smallest absolute Gasteiger partial charge is 0.262 e. The fourth-order valence-electron chi connectivity index (χ4n) is 3.35. The molecule has 0 aliphatic carbocycles. The van der Waals surface area contributed by atoms with E-state index < -0.39 is 0 Å². The van der Waals surface area contributed by atoms with Gasteiger partial charge in [0, 0.05) is 3.57 Å². The van der Waals surface area contributed by atoms with Crippen LogP contribution < -0.4 is 5.56 Å². The molecule has 26 heavy (non-hydrogen) atoms. The highest BCUT2D eigenvalue weighted by molar-refractivity contribution is 14.1. The number of rotatable bonds is 3. The lowest BCUT2D eigenvalue weighted by Gasteiger charge is -2.23. The highest BCUT2D eigenvalue weighted by Crippen LogP contribution is 2.27. The molecule has 4 heteroatoms. The van der Waals surface area contributed by atoms with Crippen LogP contribution in [0.1, 0.15) is 23.0 Å². The molecule has 4 aromatic rings. The first-order valence-electron chi connectivity index (χ1n) is 8.43. The Morgan fingerprint density at radius 3 is 2.04 bits per heavy atom. The number of benzene rings is 3. The van der Waals surface area contributed by atoms with Crippen molar-refractivity contribution in [3.05, 3.63) is 110 Å². The summed E-state index contributed by atoms with van der Waals surface area (Å²) >= 11 is 2.23. The summed E-state index contributed by atoms with van der Waals surface area (Å²) in [7, 11) is 0. The summed E-state index contributed by atoms with van der Waals surface area (Å²) < 4.78 is 2.84. The summed E-state index contributed by atoms with van der Waals surface area (Å²) in [6.45, 7) is 1.90. The molecule has 0 unspecified atom stereocenters. The molecule has 1 heterocycles. The molecule has 0 atom stereocenters. The second-order valence-corrected chi connectivity index (χ2v) is 7.47. The van der Waals surface area contributed by atoms with Crippen LogP contribution >= 0.6 is 22.6 Å². The van der Waals surface area contributed by atoms with E-state index in [-0.39, 0.29) is 11.6 Å². The molecule has 3 nitrogen and oxygen atoms in total. The predicted molar refractivity (Wildman–Crippen MR) is 114 cm³/mol. The van der Waals surface area contributed by atoms with Crippen LogP contribution in [0.2, 0.25) is 0 Å². The van der Waals surface area contributed by atoms with Crippen LogP contribution in [0.15, 0.2) is 83.7 Å². The van der Waals surface area contributed by atoms with Crippen molar-refractivity contribution < 1.29 is 0 Å². The highest BCUT2D eigenvalue weighted by atomic mass is 127. The molecule has 1 aromatic heterocycles. The summed E-state index contributed by atoms with van der Waals surface area (Å²) in [5, 5.41) is 0.652. The van der Waals surface area contributed by atoms with Crippen LogP contribution in [-0.2, 0) is 0 Å². The SMILES string of the molecule is Cc1nc2ccc(I)cc2c(=O)n1C(c1ccccc1)c1ccccc1. The Morgan fingerprint density at radius 2 is 1.46 bits per heavy atom. The van der Waals surface area contributed by atoms with Crippen molar-refractivity contribution in [1.29, 1.82) is 0 Å². The van der Waals surface area contributed by atoms with Gasteiger partial charge in [-0.05, 0) is 58.8 Å². The van der Waals surface area contributed by atoms with Crippen molar-refractivity contribution >= 4 is 33.5 Å². The molecule has 0 aliphatic heterocycles. The Hall–Kier alpha value is -2.47. The maximum absolute atomic E-state index is 13.4. The Balaban J connectivity index is 2.05. The van der Waals surface area contributed by atoms with Crippen molar-refractivity contribution in [2.75, 3.05) is 0 Å². The number of aryl methyl sites for hydroxylation is 1. The lowest BCUT2D eigenvalue weighted by Crippen LogP contribution is -2.29. The van der Waals surface area contributed by atoms with Gasteiger partial charge in [-0.15, -0.1) is 0 Å². The molecule has 0 N–H and O–H groups in total. The van der Waals surface area contributed by atoms with Crippen LogP contribution in [0, 0.1) is 10.5 Å². The molecule has 0 radical (unpaired) electrons. The quantitative estimate of drug-likeness (QED) is 0.413. The van der Waals surface area contributed by atoms with Gasteiger partial charge < -0.3 is 0 Å². The van der Waals surface area contributed by atoms with E-state index in [2.05, 4.69) is 46.9 Å². The zero-order valence-corrected chi connectivity index (χ0v) is 16.4. The lowest BCUT2D eigenvalue weighted by atomic mass is 9.98. The fraction of sp³-hybridized carbons (Fsp3) is 0.0909. The normalized spacial score (nSPS) is 11.2. The third-order valence-electron chi connectivity index (χ3n) is 4.53. The van der Waals surface area contributed by atoms with Crippen molar-refractivity contribution in [1.82, 2.24) is 9.55 Å². The number of aromatic nitrogens is 2. The second-order valence-electron chi connectivity index (χ2n) is 6.22. The second kappa shape index (κ2) is 7.03. The third-order valence-corrected chi connectivity index (χ3v) is 5.20. The average Bonchev–Trinajstić information content (AvgIpc) is 2.67. The van der Waals surface area contributed by atoms with Gasteiger partial charge in [0.25, 0.3) is 5.56 Å². The molecule has 4 rings (SSSR count). The summed E-state index contributed by atoms with van der Waals surface area (Å²) in [5.74, 6) is 0.710. The molecule has 0 fully saturated rings. The number of halogens is 1. The molecular formula is C22H17IN2O. The Morgan fingerprint density at radius 1 is 0.885 bits per heavy atom. The van der Waals surface area contributed by atoms with E-state index in [1.54, 1.807) is 0 Å². The molecule has 0 spiro atoms. The molecule has 0 bridgehead atoms. The van der Waals surface area contributed by atoms with E-state index in [0.717, 1.165) is 20.2 Å². The number of hydrogen-bond donors (Lipinski definition) is 0. The van der Waals surface area contributed by atoms with E-state index in [0.29, 0.717) is 11.2 Å². The van der Waals surface area contributed by atoms with Gasteiger partial charge >= 0.3 is 0 Å². The van der Waals surface area contributed by atoms with Gasteiger partial charge in [-0.1, -0.05) is 60.7 Å². The van der Waals surface area contributed by atoms with E-state index >= 15 is 0 Å². The molecule has 0 aliphatic rings. The topological polar surface area (TPSA) is 34.9 Å². The van der Waals surface area contributed by atoms with Crippen LogP contribution in [-0.4, -0.2) is 9.55 Å². The summed E-state index contributed by atoms with van der Waals surface area (Å²) in [4.78, 5) is 18.1. The van der Waals surface area contributed by atoms with E-state index in [4.69, 9.17) is 4.98 Å². The van der Waals surface area contributed by atoms with E-state index in [1.807, 2.05) is 66.1 Å². The first-order valence-corrected chi connectivity index (χ1v) is 9.51. The zero-order chi connectivity index (χ0) is 18.1. The van der Waals surface area contributed by atoms with Gasteiger partial charge in [0.2, 0.25) is 0 Å². The molecule has 0 saturated carbocycles. The van der Waals surface area contributed by atoms with Gasteiger partial charge in [-0.25, -0.2) is 4.98 Å². The standard InChI is InChI=1S/C22H17IN2O/c1-15-24-20-13-12-18(23)14-19(20)22(26)25(15)21(16-8-4-2-5-9-16)17-10-6-3-7-11-17/h2-14,21H,1H3. The molecule has 0 amide bonds. The molecule has 3 aromatic carbocycles. The van der Waals surface area contributed by atoms with Gasteiger partial charge in [0.05, 0.1) is 16.9 Å². The van der Waals surface area contributed by atoms with Crippen LogP contribution in [0.4, 0.5) is 0 Å². The van der Waals surface area contributed by atoms with Gasteiger partial charge in [-0.3, -0.25) is 9.36 Å². The maximum atomic E-state index is 13.4. The van der Waals surface area contributed by atoms with Gasteiger partial charge in [-0.2, -0.15) is 0 Å². The number of hydrogen-bond acceptors (Lipinski definition) is 2. The first-order chi connectivity index (χ1) is 12.6. The average molecular weight is 452 g/mol. The van der Waals surface area contributed by atoms with Crippen LogP contribution in [0.3, 0.4) is 0 Å². The van der Waals surface area contributed by atoms with Crippen molar-refractivity contribution in [2.45, 2.75) is 13.0 Å². The fourth-order valence-corrected chi connectivity index (χ4v) is 3.84. The Labute approximate surface area is 165 Å². The minimum atomic E-state index is -0.209. The van der Waals surface area contributed by atoms with Crippen molar-refractivity contribution in [3.8, 4) is 0 Å². The summed E-state index contributed by atoms with van der Waals surface area (Å²) in [5.41, 5.74) is 2.86. The van der Waals surface area contributed by atoms with Gasteiger partial charge in [0.1, 0.15) is 5.82 Å². The minimum absolute atomic E-state index is 0.0104. The zero-order valence-electron chi connectivity index (χ0n) is 14.3. The molecule has 128 valence electrons. The Bertz CT molecular complexity index is 1080. The van der Waals surface area contributed by atoms with Crippen molar-refractivity contribution in [2.24, 2.45) is 0 Å². The first kappa shape index (κ1) is 17.0.